The van der Waals surface area contributed by atoms with Gasteiger partial charge in [-0.05, 0) is 144 Å². The molecule has 4 aromatic carbocycles. The van der Waals surface area contributed by atoms with Crippen molar-refractivity contribution in [3.63, 3.8) is 0 Å². The quantitative estimate of drug-likeness (QED) is 0.105. The minimum Gasteiger partial charge on any atom is -0.465 e. The first kappa shape index (κ1) is 57.2. The molecule has 0 aliphatic heterocycles. The first-order chi connectivity index (χ1) is 38.3. The van der Waals surface area contributed by atoms with Crippen molar-refractivity contribution in [3.8, 4) is 0 Å². The monoisotopic (exact) mass is 1110 g/mol. The van der Waals surface area contributed by atoms with Gasteiger partial charge in [-0.1, -0.05) is 62.7 Å². The van der Waals surface area contributed by atoms with E-state index in [9.17, 15) is 18.8 Å². The predicted molar refractivity (Wildman–Crippen MR) is 314 cm³/mol. The Bertz CT molecular complexity index is 4040. The van der Waals surface area contributed by atoms with Crippen LogP contribution in [0.1, 0.15) is 103 Å². The zero-order valence-electron chi connectivity index (χ0n) is 43.7. The normalized spacial score (nSPS) is 10.8. The van der Waals surface area contributed by atoms with Gasteiger partial charge in [-0.25, -0.2) is 14.0 Å². The molecule has 2 N–H and O–H groups in total. The van der Waals surface area contributed by atoms with Crippen LogP contribution in [0.25, 0.3) is 43.6 Å². The largest absolute Gasteiger partial charge is 0.465 e. The number of fused-ring (bicyclic) bond motifs is 4. The number of nitrogens with zero attached hydrogens (tertiary/aromatic N) is 6. The number of aromatic amines is 1. The van der Waals surface area contributed by atoms with E-state index in [2.05, 4.69) is 78.3 Å². The first-order valence-electron chi connectivity index (χ1n) is 25.4. The molecular formula is C64H57Cl2FN8O5. The molecule has 0 saturated carbocycles. The minimum atomic E-state index is -0.404. The predicted octanol–water partition coefficient (Wildman–Crippen LogP) is 13.9. The average Bonchev–Trinajstić information content (AvgIpc) is 3.84. The van der Waals surface area contributed by atoms with E-state index in [-0.39, 0.29) is 31.8 Å². The maximum Gasteiger partial charge on any atom is 0.337 e. The highest BCUT2D eigenvalue weighted by molar-refractivity contribution is 6.35. The number of benzene rings is 4. The summed E-state index contributed by atoms with van der Waals surface area (Å²) in [5.41, 5.74) is 13.4. The van der Waals surface area contributed by atoms with Gasteiger partial charge in [-0.3, -0.25) is 34.7 Å². The zero-order chi connectivity index (χ0) is 55.4. The number of nitrogens with one attached hydrogen (secondary N) is 2. The molecular weight excluding hydrogens is 1050 g/mol. The number of methoxy groups -OCH3 is 2. The number of carbonyl (C=O) groups excluding carboxylic acids is 3. The van der Waals surface area contributed by atoms with E-state index in [1.807, 2.05) is 60.9 Å². The SMILES string of the molecule is C.CCc1cnc2ccc(Cc3cc(C(=O)NCc4cc5c(Cl)c[nH]c5cc4F)ccn3)cc2c1.CCc1cnc2ccc(Cc3cc(C(=O)OC)ccn3)cc2c1.COC(=O)c1ccnc(Cc2ccc3ncc(Cl)cc3c2)c1. The Hall–Kier alpha value is -8.98. The third-order valence-electron chi connectivity index (χ3n) is 13.1. The standard InChI is InChI=1S/C27H22ClFN4O.C19H18N2O2.C17H13ClN2O2.CH4/c1-2-16-7-19-8-17(3-4-25(19)31-13-16)9-21-10-18(5-6-30-21)27(34)33-14-20-11-22-23(28)15-32-26(22)12-24(20)29;1-3-13-8-16-9-14(4-5-18(16)21-12-13)10-17-11-15(6-7-20-17)19(22)23-2;1-22-17(21)12-4-5-19-15(9-12)7-11-2-3-16-13(6-11)8-14(18)10-20-16;/h3-8,10-13,15,32H,2,9,14H2,1H3,(H,33,34);4-9,11-12H,3,10H2,1-2H3;2-6,8-10H,7H2,1H3;1H4. The number of ether oxygens (including phenoxy) is 2. The van der Waals surface area contributed by atoms with Gasteiger partial charge in [0, 0.05) is 124 Å². The molecule has 13 nitrogen and oxygen atoms in total. The maximum atomic E-state index is 14.4. The molecule has 0 spiro atoms. The number of halogens is 3. The molecule has 7 aromatic heterocycles. The summed E-state index contributed by atoms with van der Waals surface area (Å²) in [5, 5.41) is 7.83. The van der Waals surface area contributed by atoms with Crippen LogP contribution in [0.4, 0.5) is 4.39 Å². The molecule has 0 saturated heterocycles. The Morgan fingerprint density at radius 3 is 1.45 bits per heavy atom. The Labute approximate surface area is 472 Å². The number of amides is 1. The molecule has 11 aromatic rings. The Kier molecular flexibility index (Phi) is 19.0. The topological polar surface area (TPSA) is 175 Å². The summed E-state index contributed by atoms with van der Waals surface area (Å²) in [6, 6.07) is 37.8. The number of H-pyrrole nitrogens is 1. The van der Waals surface area contributed by atoms with Crippen molar-refractivity contribution in [2.24, 2.45) is 0 Å². The van der Waals surface area contributed by atoms with E-state index in [0.29, 0.717) is 57.1 Å². The number of hydrogen-bond donors (Lipinski definition) is 2. The second-order valence-corrected chi connectivity index (χ2v) is 19.4. The van der Waals surface area contributed by atoms with Gasteiger partial charge in [-0.2, -0.15) is 0 Å². The molecule has 7 heterocycles. The molecule has 0 unspecified atom stereocenters. The van der Waals surface area contributed by atoms with Crippen molar-refractivity contribution in [3.05, 3.63) is 248 Å². The number of aryl methyl sites for hydroxylation is 2. The number of aromatic nitrogens is 7. The summed E-state index contributed by atoms with van der Waals surface area (Å²) in [5.74, 6) is -1.40. The number of esters is 2. The molecule has 0 fully saturated rings. The van der Waals surface area contributed by atoms with Gasteiger partial charge in [0.15, 0.2) is 0 Å². The lowest BCUT2D eigenvalue weighted by Gasteiger charge is -2.09. The van der Waals surface area contributed by atoms with Crippen LogP contribution < -0.4 is 5.32 Å². The molecule has 0 atom stereocenters. The lowest BCUT2D eigenvalue weighted by atomic mass is 10.0. The van der Waals surface area contributed by atoms with E-state index in [1.54, 1.807) is 73.4 Å². The van der Waals surface area contributed by atoms with Crippen molar-refractivity contribution in [1.82, 2.24) is 40.2 Å². The van der Waals surface area contributed by atoms with Gasteiger partial charge < -0.3 is 19.8 Å². The first-order valence-corrected chi connectivity index (χ1v) is 26.1. The van der Waals surface area contributed by atoms with Crippen LogP contribution in [0.2, 0.25) is 10.0 Å². The number of rotatable bonds is 13. The fourth-order valence-electron chi connectivity index (χ4n) is 8.87. The third kappa shape index (κ3) is 14.4. The molecule has 1 amide bonds. The van der Waals surface area contributed by atoms with Crippen LogP contribution in [0, 0.1) is 5.82 Å². The Balaban J connectivity index is 0.000000162. The lowest BCUT2D eigenvalue weighted by molar-refractivity contribution is 0.0591. The fraction of sp³-hybridized carbons (Fsp3) is 0.172. The molecule has 0 aliphatic rings. The minimum absolute atomic E-state index is 0. The van der Waals surface area contributed by atoms with Gasteiger partial charge in [0.1, 0.15) is 5.82 Å². The van der Waals surface area contributed by atoms with Gasteiger partial charge >= 0.3 is 11.9 Å². The summed E-state index contributed by atoms with van der Waals surface area (Å²) < 4.78 is 23.9. The van der Waals surface area contributed by atoms with Crippen LogP contribution in [-0.2, 0) is 48.1 Å². The van der Waals surface area contributed by atoms with Gasteiger partial charge in [-0.15, -0.1) is 0 Å². The van der Waals surface area contributed by atoms with Crippen molar-refractivity contribution in [2.45, 2.75) is 59.9 Å². The third-order valence-corrected chi connectivity index (χ3v) is 13.6. The van der Waals surface area contributed by atoms with Gasteiger partial charge in [0.2, 0.25) is 0 Å². The number of carbonyl (C=O) groups is 3. The smallest absolute Gasteiger partial charge is 0.337 e. The molecule has 0 radical (unpaired) electrons. The molecule has 0 aliphatic carbocycles. The Morgan fingerprint density at radius 2 is 0.975 bits per heavy atom. The second kappa shape index (κ2) is 26.6. The molecule has 16 heteroatoms. The average molecular weight is 1110 g/mol. The lowest BCUT2D eigenvalue weighted by Crippen LogP contribution is -2.23. The fourth-order valence-corrected chi connectivity index (χ4v) is 9.25. The second-order valence-electron chi connectivity index (χ2n) is 18.6. The highest BCUT2D eigenvalue weighted by Crippen LogP contribution is 2.27. The van der Waals surface area contributed by atoms with E-state index in [1.165, 1.54) is 31.4 Å². The highest BCUT2D eigenvalue weighted by atomic mass is 35.5. The van der Waals surface area contributed by atoms with Gasteiger partial charge in [0.05, 0.1) is 51.9 Å². The van der Waals surface area contributed by atoms with E-state index in [0.717, 1.165) is 84.7 Å². The summed E-state index contributed by atoms with van der Waals surface area (Å²) >= 11 is 12.1. The number of hydrogen-bond acceptors (Lipinski definition) is 11. The zero-order valence-corrected chi connectivity index (χ0v) is 45.2. The van der Waals surface area contributed by atoms with E-state index < -0.39 is 5.82 Å². The summed E-state index contributed by atoms with van der Waals surface area (Å²) in [6.07, 6.45) is 15.7. The van der Waals surface area contributed by atoms with Crippen molar-refractivity contribution in [2.75, 3.05) is 14.2 Å². The van der Waals surface area contributed by atoms with E-state index >= 15 is 0 Å². The summed E-state index contributed by atoms with van der Waals surface area (Å²) in [7, 11) is 2.74. The van der Waals surface area contributed by atoms with Crippen molar-refractivity contribution < 1.29 is 28.2 Å². The summed E-state index contributed by atoms with van der Waals surface area (Å²) in [4.78, 5) is 65.2. The van der Waals surface area contributed by atoms with Crippen LogP contribution >= 0.6 is 23.2 Å². The number of pyridine rings is 6. The van der Waals surface area contributed by atoms with Crippen LogP contribution in [0.15, 0.2) is 165 Å². The summed E-state index contributed by atoms with van der Waals surface area (Å²) in [6.45, 7) is 4.28. The van der Waals surface area contributed by atoms with Crippen molar-refractivity contribution in [1.29, 1.82) is 0 Å². The Morgan fingerprint density at radius 1 is 0.537 bits per heavy atom. The van der Waals surface area contributed by atoms with Crippen LogP contribution in [0.3, 0.4) is 0 Å². The maximum absolute atomic E-state index is 14.4. The van der Waals surface area contributed by atoms with Crippen molar-refractivity contribution >= 4 is 84.7 Å². The van der Waals surface area contributed by atoms with Crippen LogP contribution in [-0.4, -0.2) is 67.0 Å². The molecule has 0 bridgehead atoms. The highest BCUT2D eigenvalue weighted by Gasteiger charge is 2.14. The van der Waals surface area contributed by atoms with Gasteiger partial charge in [0.25, 0.3) is 5.91 Å². The molecule has 404 valence electrons. The molecule has 80 heavy (non-hydrogen) atoms. The molecule has 11 rings (SSSR count). The van der Waals surface area contributed by atoms with Crippen LogP contribution in [0.5, 0.6) is 0 Å². The van der Waals surface area contributed by atoms with E-state index in [4.69, 9.17) is 32.7 Å².